The Morgan fingerprint density at radius 2 is 1.44 bits per heavy atom. The number of hydrogen-bond donors (Lipinski definition) is 0. The third-order valence-electron chi connectivity index (χ3n) is 3.40. The quantitative estimate of drug-likeness (QED) is 0.689. The molecule has 6 heteroatoms. The molecule has 3 fully saturated rings. The van der Waals surface area contributed by atoms with E-state index < -0.39 is 11.6 Å². The van der Waals surface area contributed by atoms with Gasteiger partial charge in [-0.2, -0.15) is 0 Å². The highest BCUT2D eigenvalue weighted by atomic mass is 79.9. The lowest BCUT2D eigenvalue weighted by molar-refractivity contribution is -0.339. The molecule has 0 aliphatic carbocycles. The molecule has 5 nitrogen and oxygen atoms in total. The molecule has 18 heavy (non-hydrogen) atoms. The highest BCUT2D eigenvalue weighted by molar-refractivity contribution is 9.09. The van der Waals surface area contributed by atoms with Crippen molar-refractivity contribution >= 4 is 15.9 Å². The van der Waals surface area contributed by atoms with Gasteiger partial charge in [-0.05, 0) is 27.7 Å². The number of fused-ring (bicyclic) bond motifs is 3. The van der Waals surface area contributed by atoms with Crippen molar-refractivity contribution in [2.24, 2.45) is 0 Å². The summed E-state index contributed by atoms with van der Waals surface area (Å²) in [5.74, 6) is -1.25. The van der Waals surface area contributed by atoms with Gasteiger partial charge in [0.25, 0.3) is 0 Å². The van der Waals surface area contributed by atoms with Crippen LogP contribution in [0.2, 0.25) is 0 Å². The molecule has 104 valence electrons. The van der Waals surface area contributed by atoms with Gasteiger partial charge in [0.2, 0.25) is 0 Å². The van der Waals surface area contributed by atoms with E-state index in [9.17, 15) is 0 Å². The van der Waals surface area contributed by atoms with Gasteiger partial charge in [0.05, 0.1) is 6.10 Å². The van der Waals surface area contributed by atoms with Crippen LogP contribution in [-0.4, -0.2) is 47.6 Å². The molecule has 0 bridgehead atoms. The van der Waals surface area contributed by atoms with E-state index in [1.54, 1.807) is 0 Å². The maximum atomic E-state index is 5.96. The smallest absolute Gasteiger partial charge is 0.190 e. The van der Waals surface area contributed by atoms with Crippen molar-refractivity contribution in [3.8, 4) is 0 Å². The molecule has 0 saturated carbocycles. The van der Waals surface area contributed by atoms with E-state index >= 15 is 0 Å². The Balaban J connectivity index is 1.83. The summed E-state index contributed by atoms with van der Waals surface area (Å²) in [6, 6.07) is 0. The molecule has 5 atom stereocenters. The van der Waals surface area contributed by atoms with E-state index in [0.29, 0.717) is 5.33 Å². The Morgan fingerprint density at radius 3 is 2.11 bits per heavy atom. The van der Waals surface area contributed by atoms with Gasteiger partial charge in [-0.3, -0.25) is 0 Å². The minimum atomic E-state index is -0.631. The predicted octanol–water partition coefficient (Wildman–Crippen LogP) is 1.78. The van der Waals surface area contributed by atoms with E-state index in [4.69, 9.17) is 23.7 Å². The standard InChI is InChI=1S/C12H19BrO5/c1-11(2)15-6(5-13)7-8(16-11)9-10(14-7)18-12(3,4)17-9/h6-10H,5H2,1-4H3/t6-,7+,8-,9+,10+/m0/s1. The van der Waals surface area contributed by atoms with Crippen LogP contribution >= 0.6 is 15.9 Å². The zero-order chi connectivity index (χ0) is 13.1. The Bertz CT molecular complexity index is 345. The third kappa shape index (κ3) is 2.13. The SMILES string of the molecule is CC1(C)O[C@H]2O[C@H]3[C@H](OC(C)(C)O[C@H]3CBr)[C@H]2O1. The molecule has 0 unspecified atom stereocenters. The number of ether oxygens (including phenoxy) is 5. The van der Waals surface area contributed by atoms with Gasteiger partial charge >= 0.3 is 0 Å². The van der Waals surface area contributed by atoms with Crippen LogP contribution in [0.1, 0.15) is 27.7 Å². The molecule has 0 aromatic carbocycles. The molecule has 0 amide bonds. The summed E-state index contributed by atoms with van der Waals surface area (Å²) in [5, 5.41) is 0.698. The van der Waals surface area contributed by atoms with Crippen LogP contribution in [0.3, 0.4) is 0 Å². The molecule has 0 aromatic rings. The first-order valence-corrected chi connectivity index (χ1v) is 7.36. The molecule has 3 aliphatic rings. The third-order valence-corrected chi connectivity index (χ3v) is 4.04. The van der Waals surface area contributed by atoms with Crippen molar-refractivity contribution in [3.63, 3.8) is 0 Å². The van der Waals surface area contributed by atoms with Gasteiger partial charge in [-0.1, -0.05) is 15.9 Å². The van der Waals surface area contributed by atoms with Gasteiger partial charge in [0, 0.05) is 5.33 Å². The molecule has 0 radical (unpaired) electrons. The van der Waals surface area contributed by atoms with Crippen molar-refractivity contribution < 1.29 is 23.7 Å². The fourth-order valence-electron chi connectivity index (χ4n) is 2.84. The summed E-state index contributed by atoms with van der Waals surface area (Å²) >= 11 is 3.46. The first-order chi connectivity index (χ1) is 8.31. The van der Waals surface area contributed by atoms with E-state index in [0.717, 1.165) is 0 Å². The van der Waals surface area contributed by atoms with Gasteiger partial charge < -0.3 is 23.7 Å². The van der Waals surface area contributed by atoms with Crippen LogP contribution in [0.5, 0.6) is 0 Å². The van der Waals surface area contributed by atoms with Crippen molar-refractivity contribution in [2.45, 2.75) is 70.0 Å². The van der Waals surface area contributed by atoms with Crippen molar-refractivity contribution in [3.05, 3.63) is 0 Å². The molecular weight excluding hydrogens is 304 g/mol. The molecule has 3 rings (SSSR count). The van der Waals surface area contributed by atoms with Crippen LogP contribution in [0.15, 0.2) is 0 Å². The highest BCUT2D eigenvalue weighted by Gasteiger charge is 2.60. The Morgan fingerprint density at radius 1 is 0.833 bits per heavy atom. The molecule has 3 heterocycles. The largest absolute Gasteiger partial charge is 0.344 e. The fourth-order valence-corrected chi connectivity index (χ4v) is 3.34. The monoisotopic (exact) mass is 322 g/mol. The van der Waals surface area contributed by atoms with Crippen molar-refractivity contribution in [2.75, 3.05) is 5.33 Å². The molecular formula is C12H19BrO5. The average molecular weight is 323 g/mol. The number of alkyl halides is 1. The van der Waals surface area contributed by atoms with Crippen LogP contribution < -0.4 is 0 Å². The average Bonchev–Trinajstić information content (AvgIpc) is 2.69. The van der Waals surface area contributed by atoms with E-state index in [1.165, 1.54) is 0 Å². The van der Waals surface area contributed by atoms with Crippen LogP contribution in [0.25, 0.3) is 0 Å². The lowest BCUT2D eigenvalue weighted by Gasteiger charge is -2.43. The maximum Gasteiger partial charge on any atom is 0.190 e. The summed E-state index contributed by atoms with van der Waals surface area (Å²) in [6.07, 6.45) is -0.907. The van der Waals surface area contributed by atoms with Gasteiger partial charge in [0.15, 0.2) is 17.9 Å². The fraction of sp³-hybridized carbons (Fsp3) is 1.00. The van der Waals surface area contributed by atoms with Gasteiger partial charge in [0.1, 0.15) is 18.3 Å². The summed E-state index contributed by atoms with van der Waals surface area (Å²) in [7, 11) is 0. The Labute approximate surface area is 115 Å². The number of hydrogen-bond acceptors (Lipinski definition) is 5. The summed E-state index contributed by atoms with van der Waals surface area (Å²) in [6.45, 7) is 7.59. The summed E-state index contributed by atoms with van der Waals surface area (Å²) in [4.78, 5) is 0. The molecule has 3 saturated heterocycles. The normalized spacial score (nSPS) is 48.8. The zero-order valence-electron chi connectivity index (χ0n) is 11.0. The predicted molar refractivity (Wildman–Crippen MR) is 66.3 cm³/mol. The lowest BCUT2D eigenvalue weighted by atomic mass is 10.0. The van der Waals surface area contributed by atoms with Crippen molar-refractivity contribution in [1.29, 1.82) is 0 Å². The number of halogens is 1. The van der Waals surface area contributed by atoms with Crippen molar-refractivity contribution in [1.82, 2.24) is 0 Å². The Hall–Kier alpha value is 0.280. The number of rotatable bonds is 1. The topological polar surface area (TPSA) is 46.2 Å². The summed E-state index contributed by atoms with van der Waals surface area (Å²) in [5.41, 5.74) is 0. The Kier molecular flexibility index (Phi) is 3.05. The van der Waals surface area contributed by atoms with Crippen LogP contribution in [0, 0.1) is 0 Å². The summed E-state index contributed by atoms with van der Waals surface area (Å²) < 4.78 is 29.3. The molecule has 0 aromatic heterocycles. The van der Waals surface area contributed by atoms with Gasteiger partial charge in [-0.15, -0.1) is 0 Å². The first kappa shape index (κ1) is 13.3. The minimum absolute atomic E-state index is 0.0559. The van der Waals surface area contributed by atoms with E-state index in [2.05, 4.69) is 15.9 Å². The molecule has 3 aliphatic heterocycles. The zero-order valence-corrected chi connectivity index (χ0v) is 12.6. The van der Waals surface area contributed by atoms with Crippen LogP contribution in [-0.2, 0) is 23.7 Å². The second kappa shape index (κ2) is 4.14. The second-order valence-corrected chi connectivity index (χ2v) is 6.51. The maximum absolute atomic E-state index is 5.96. The second-order valence-electron chi connectivity index (χ2n) is 5.86. The van der Waals surface area contributed by atoms with Crippen LogP contribution in [0.4, 0.5) is 0 Å². The minimum Gasteiger partial charge on any atom is -0.344 e. The first-order valence-electron chi connectivity index (χ1n) is 6.24. The van der Waals surface area contributed by atoms with E-state index in [1.807, 2.05) is 27.7 Å². The lowest BCUT2D eigenvalue weighted by Crippen LogP contribution is -2.56. The molecule has 0 N–H and O–H groups in total. The van der Waals surface area contributed by atoms with E-state index in [-0.39, 0.29) is 30.7 Å². The van der Waals surface area contributed by atoms with Gasteiger partial charge in [-0.25, -0.2) is 0 Å². The highest BCUT2D eigenvalue weighted by Crippen LogP contribution is 2.44. The molecule has 0 spiro atoms.